The standard InChI is InChI=1S/C35H43N3O3/c1-5-7-9-10-11-14-22-37(26(4)39)27-19-21-32-33(24-27)38(34(36-32)17-8-6-2)28-18-20-29(25(3)23-28)30-15-12-13-16-31(30)35(40)41/h12-13,15-16,18-21,23-24H,5-11,14,17,22H2,1-4H3,(H,40,41). The first-order valence-corrected chi connectivity index (χ1v) is 15.1. The van der Waals surface area contributed by atoms with E-state index in [0.717, 1.165) is 71.5 Å². The number of rotatable bonds is 14. The number of unbranched alkanes of at least 4 members (excludes halogenated alkanes) is 6. The van der Waals surface area contributed by atoms with Gasteiger partial charge in [-0.3, -0.25) is 9.36 Å². The van der Waals surface area contributed by atoms with Crippen molar-refractivity contribution in [1.82, 2.24) is 9.55 Å². The third-order valence-corrected chi connectivity index (χ3v) is 7.80. The number of hydrogen-bond donors (Lipinski definition) is 1. The molecule has 41 heavy (non-hydrogen) atoms. The van der Waals surface area contributed by atoms with Gasteiger partial charge in [-0.25, -0.2) is 9.78 Å². The molecule has 6 heteroatoms. The molecular weight excluding hydrogens is 510 g/mol. The van der Waals surface area contributed by atoms with Crippen LogP contribution in [0.3, 0.4) is 0 Å². The van der Waals surface area contributed by atoms with Crippen molar-refractivity contribution in [1.29, 1.82) is 0 Å². The van der Waals surface area contributed by atoms with Crippen molar-refractivity contribution in [2.24, 2.45) is 0 Å². The van der Waals surface area contributed by atoms with Crippen LogP contribution in [-0.2, 0) is 11.2 Å². The maximum atomic E-state index is 12.7. The van der Waals surface area contributed by atoms with Gasteiger partial charge in [0.25, 0.3) is 0 Å². The lowest BCUT2D eigenvalue weighted by Crippen LogP contribution is -2.29. The molecule has 6 nitrogen and oxygen atoms in total. The molecule has 0 bridgehead atoms. The van der Waals surface area contributed by atoms with E-state index < -0.39 is 5.97 Å². The Labute approximate surface area is 244 Å². The normalized spacial score (nSPS) is 11.2. The second-order valence-corrected chi connectivity index (χ2v) is 10.9. The van der Waals surface area contributed by atoms with Crippen LogP contribution in [0.2, 0.25) is 0 Å². The highest BCUT2D eigenvalue weighted by molar-refractivity contribution is 5.97. The lowest BCUT2D eigenvalue weighted by atomic mass is 9.95. The fourth-order valence-corrected chi connectivity index (χ4v) is 5.58. The Morgan fingerprint density at radius 2 is 1.59 bits per heavy atom. The Morgan fingerprint density at radius 3 is 2.29 bits per heavy atom. The second kappa shape index (κ2) is 14.1. The average Bonchev–Trinajstić information content (AvgIpc) is 3.33. The number of carbonyl (C=O) groups is 2. The van der Waals surface area contributed by atoms with Crippen LogP contribution >= 0.6 is 0 Å². The predicted octanol–water partition coefficient (Wildman–Crippen LogP) is 8.76. The summed E-state index contributed by atoms with van der Waals surface area (Å²) in [5.41, 5.74) is 6.64. The molecular formula is C35H43N3O3. The minimum atomic E-state index is -0.935. The third-order valence-electron chi connectivity index (χ3n) is 7.80. The van der Waals surface area contributed by atoms with Gasteiger partial charge < -0.3 is 10.0 Å². The van der Waals surface area contributed by atoms with Crippen molar-refractivity contribution < 1.29 is 14.7 Å². The number of anilines is 1. The number of amides is 1. The topological polar surface area (TPSA) is 75.4 Å². The molecule has 0 atom stereocenters. The summed E-state index contributed by atoms with van der Waals surface area (Å²) in [7, 11) is 0. The van der Waals surface area contributed by atoms with Crippen molar-refractivity contribution in [3.8, 4) is 16.8 Å². The number of carboxylic acid groups (broad SMARTS) is 1. The summed E-state index contributed by atoms with van der Waals surface area (Å²) < 4.78 is 2.21. The van der Waals surface area contributed by atoms with Gasteiger partial charge >= 0.3 is 5.97 Å². The molecule has 1 aromatic heterocycles. The Morgan fingerprint density at radius 1 is 0.854 bits per heavy atom. The lowest BCUT2D eigenvalue weighted by molar-refractivity contribution is -0.116. The highest BCUT2D eigenvalue weighted by Crippen LogP contribution is 2.32. The number of carboxylic acids is 1. The number of carbonyl (C=O) groups excluding carboxylic acids is 1. The number of aromatic nitrogens is 2. The van der Waals surface area contributed by atoms with Crippen LogP contribution in [0.4, 0.5) is 5.69 Å². The molecule has 0 unspecified atom stereocenters. The van der Waals surface area contributed by atoms with Gasteiger partial charge in [-0.15, -0.1) is 0 Å². The van der Waals surface area contributed by atoms with Crippen LogP contribution in [0.5, 0.6) is 0 Å². The molecule has 0 saturated carbocycles. The number of aromatic carboxylic acids is 1. The van der Waals surface area contributed by atoms with Crippen LogP contribution in [0.25, 0.3) is 27.8 Å². The van der Waals surface area contributed by atoms with Crippen LogP contribution in [0, 0.1) is 6.92 Å². The Kier molecular flexibility index (Phi) is 10.3. The summed E-state index contributed by atoms with van der Waals surface area (Å²) >= 11 is 0. The molecule has 1 heterocycles. The minimum absolute atomic E-state index is 0.0486. The van der Waals surface area contributed by atoms with E-state index in [2.05, 4.69) is 30.5 Å². The summed E-state index contributed by atoms with van der Waals surface area (Å²) in [6.45, 7) is 8.77. The Hall–Kier alpha value is -3.93. The number of hydrogen-bond acceptors (Lipinski definition) is 3. The smallest absolute Gasteiger partial charge is 0.336 e. The minimum Gasteiger partial charge on any atom is -0.478 e. The van der Waals surface area contributed by atoms with Gasteiger partial charge in [0.2, 0.25) is 5.91 Å². The van der Waals surface area contributed by atoms with Gasteiger partial charge in [-0.1, -0.05) is 76.6 Å². The fourth-order valence-electron chi connectivity index (χ4n) is 5.58. The second-order valence-electron chi connectivity index (χ2n) is 10.9. The zero-order valence-corrected chi connectivity index (χ0v) is 24.9. The monoisotopic (exact) mass is 553 g/mol. The Bertz CT molecular complexity index is 1500. The molecule has 0 fully saturated rings. The van der Waals surface area contributed by atoms with E-state index in [9.17, 15) is 14.7 Å². The van der Waals surface area contributed by atoms with Crippen molar-refractivity contribution >= 4 is 28.6 Å². The van der Waals surface area contributed by atoms with E-state index in [0.29, 0.717) is 17.7 Å². The Balaban J connectivity index is 1.73. The summed E-state index contributed by atoms with van der Waals surface area (Å²) in [5.74, 6) is 0.102. The summed E-state index contributed by atoms with van der Waals surface area (Å²) in [5, 5.41) is 9.73. The number of fused-ring (bicyclic) bond motifs is 1. The van der Waals surface area contributed by atoms with Gasteiger partial charge in [0, 0.05) is 31.3 Å². The molecule has 4 rings (SSSR count). The van der Waals surface area contributed by atoms with Gasteiger partial charge in [-0.2, -0.15) is 0 Å². The first kappa shape index (κ1) is 30.0. The largest absolute Gasteiger partial charge is 0.478 e. The lowest BCUT2D eigenvalue weighted by Gasteiger charge is -2.22. The van der Waals surface area contributed by atoms with Gasteiger partial charge in [0.05, 0.1) is 16.6 Å². The zero-order chi connectivity index (χ0) is 29.4. The number of nitrogens with zero attached hydrogens (tertiary/aromatic N) is 3. The SMILES string of the molecule is CCCCCCCCN(C(C)=O)c1ccc2nc(CCCC)n(-c3ccc(-c4ccccc4C(=O)O)c(C)c3)c2c1. The molecule has 1 N–H and O–H groups in total. The number of aryl methyl sites for hydroxylation is 2. The maximum absolute atomic E-state index is 12.7. The van der Waals surface area contributed by atoms with Crippen molar-refractivity contribution in [2.45, 2.75) is 85.5 Å². The molecule has 4 aromatic rings. The van der Waals surface area contributed by atoms with E-state index in [1.54, 1.807) is 19.1 Å². The molecule has 0 spiro atoms. The van der Waals surface area contributed by atoms with Crippen LogP contribution in [0.15, 0.2) is 60.7 Å². The van der Waals surface area contributed by atoms with Gasteiger partial charge in [0.1, 0.15) is 5.82 Å². The van der Waals surface area contributed by atoms with E-state index in [-0.39, 0.29) is 5.91 Å². The first-order valence-electron chi connectivity index (χ1n) is 15.1. The van der Waals surface area contributed by atoms with Crippen molar-refractivity contribution in [3.63, 3.8) is 0 Å². The maximum Gasteiger partial charge on any atom is 0.336 e. The summed E-state index contributed by atoms with van der Waals surface area (Å²) in [4.78, 5) is 31.5. The average molecular weight is 554 g/mol. The molecule has 3 aromatic carbocycles. The quantitative estimate of drug-likeness (QED) is 0.158. The third kappa shape index (κ3) is 7.05. The van der Waals surface area contributed by atoms with Crippen molar-refractivity contribution in [2.75, 3.05) is 11.4 Å². The molecule has 0 radical (unpaired) electrons. The van der Waals surface area contributed by atoms with Gasteiger partial charge in [-0.05, 0) is 72.9 Å². The summed E-state index contributed by atoms with van der Waals surface area (Å²) in [6, 6.07) is 19.4. The highest BCUT2D eigenvalue weighted by atomic mass is 16.4. The molecule has 0 saturated heterocycles. The highest BCUT2D eigenvalue weighted by Gasteiger charge is 2.18. The van der Waals surface area contributed by atoms with E-state index >= 15 is 0 Å². The zero-order valence-electron chi connectivity index (χ0n) is 24.9. The number of imidazole rings is 1. The van der Waals surface area contributed by atoms with E-state index in [1.807, 2.05) is 48.2 Å². The van der Waals surface area contributed by atoms with E-state index in [1.165, 1.54) is 25.7 Å². The molecule has 1 amide bonds. The molecule has 216 valence electrons. The van der Waals surface area contributed by atoms with E-state index in [4.69, 9.17) is 4.98 Å². The number of benzene rings is 3. The molecule has 0 aliphatic heterocycles. The fraction of sp³-hybridized carbons (Fsp3) is 0.400. The molecule has 0 aliphatic rings. The summed E-state index contributed by atoms with van der Waals surface area (Å²) in [6.07, 6.45) is 10.0. The van der Waals surface area contributed by atoms with Crippen LogP contribution < -0.4 is 4.90 Å². The predicted molar refractivity (Wildman–Crippen MR) is 168 cm³/mol. The van der Waals surface area contributed by atoms with Gasteiger partial charge in [0.15, 0.2) is 0 Å². The van der Waals surface area contributed by atoms with Crippen LogP contribution in [0.1, 0.15) is 93.9 Å². The van der Waals surface area contributed by atoms with Crippen molar-refractivity contribution in [3.05, 3.63) is 77.6 Å². The van der Waals surface area contributed by atoms with Crippen LogP contribution in [-0.4, -0.2) is 33.1 Å². The molecule has 0 aliphatic carbocycles. The first-order chi connectivity index (χ1) is 19.8.